The minimum absolute atomic E-state index is 0.513. The van der Waals surface area contributed by atoms with Crippen molar-refractivity contribution in [3.05, 3.63) is 16.0 Å². The molecular formula is C10H16BrN3O. The van der Waals surface area contributed by atoms with Crippen LogP contribution in [0.1, 0.15) is 24.9 Å². The Morgan fingerprint density at radius 1 is 1.33 bits per heavy atom. The average Bonchev–Trinajstić information content (AvgIpc) is 2.22. The van der Waals surface area contributed by atoms with Crippen LogP contribution in [-0.2, 0) is 17.6 Å². The summed E-state index contributed by atoms with van der Waals surface area (Å²) in [6, 6.07) is 0. The van der Waals surface area contributed by atoms with Gasteiger partial charge in [0.1, 0.15) is 11.6 Å². The van der Waals surface area contributed by atoms with E-state index in [4.69, 9.17) is 10.5 Å². The molecule has 5 heteroatoms. The Balaban J connectivity index is 2.90. The normalized spacial score (nSPS) is 10.6. The summed E-state index contributed by atoms with van der Waals surface area (Å²) in [7, 11) is 1.66. The molecule has 2 N–H and O–H groups in total. The van der Waals surface area contributed by atoms with E-state index < -0.39 is 0 Å². The molecule has 0 bridgehead atoms. The van der Waals surface area contributed by atoms with E-state index in [0.717, 1.165) is 28.8 Å². The number of nitrogens with zero attached hydrogens (tertiary/aromatic N) is 2. The van der Waals surface area contributed by atoms with Crippen LogP contribution in [0.4, 0.5) is 5.82 Å². The van der Waals surface area contributed by atoms with Gasteiger partial charge in [0, 0.05) is 13.5 Å². The minimum Gasteiger partial charge on any atom is -0.384 e. The highest BCUT2D eigenvalue weighted by molar-refractivity contribution is 9.10. The van der Waals surface area contributed by atoms with Crippen molar-refractivity contribution in [3.8, 4) is 0 Å². The second-order valence-corrected chi connectivity index (χ2v) is 4.07. The quantitative estimate of drug-likeness (QED) is 0.891. The van der Waals surface area contributed by atoms with Crippen molar-refractivity contribution >= 4 is 21.7 Å². The largest absolute Gasteiger partial charge is 0.384 e. The fraction of sp³-hybridized carbons (Fsp3) is 0.600. The summed E-state index contributed by atoms with van der Waals surface area (Å²) < 4.78 is 5.81. The lowest BCUT2D eigenvalue weighted by atomic mass is 10.2. The van der Waals surface area contributed by atoms with E-state index in [0.29, 0.717) is 18.8 Å². The number of hydrogen-bond acceptors (Lipinski definition) is 4. The Hall–Kier alpha value is -0.680. The van der Waals surface area contributed by atoms with E-state index in [2.05, 4.69) is 32.8 Å². The second kappa shape index (κ2) is 6.02. The molecule has 1 aromatic heterocycles. The molecule has 0 saturated carbocycles. The third kappa shape index (κ3) is 3.43. The van der Waals surface area contributed by atoms with Crippen LogP contribution in [0.3, 0.4) is 0 Å². The number of ether oxygens (including phenoxy) is 1. The van der Waals surface area contributed by atoms with Crippen molar-refractivity contribution in [3.63, 3.8) is 0 Å². The first-order valence-corrected chi connectivity index (χ1v) is 5.78. The number of halogens is 1. The molecule has 0 aliphatic carbocycles. The summed E-state index contributed by atoms with van der Waals surface area (Å²) in [6.07, 6.45) is 2.65. The summed E-state index contributed by atoms with van der Waals surface area (Å²) in [6.45, 7) is 2.73. The first kappa shape index (κ1) is 12.4. The molecule has 0 amide bonds. The zero-order chi connectivity index (χ0) is 11.3. The molecule has 0 saturated heterocycles. The Labute approximate surface area is 98.4 Å². The van der Waals surface area contributed by atoms with Crippen molar-refractivity contribution in [2.75, 3.05) is 19.5 Å². The van der Waals surface area contributed by atoms with E-state index in [1.54, 1.807) is 7.11 Å². The van der Waals surface area contributed by atoms with Crippen LogP contribution in [0.25, 0.3) is 0 Å². The smallest absolute Gasteiger partial charge is 0.141 e. The highest BCUT2D eigenvalue weighted by Gasteiger charge is 2.08. The summed E-state index contributed by atoms with van der Waals surface area (Å²) in [5.41, 5.74) is 6.77. The van der Waals surface area contributed by atoms with Crippen molar-refractivity contribution < 1.29 is 4.74 Å². The van der Waals surface area contributed by atoms with E-state index in [9.17, 15) is 0 Å². The van der Waals surface area contributed by atoms with Crippen LogP contribution in [0, 0.1) is 0 Å². The maximum atomic E-state index is 5.78. The number of nitrogens with two attached hydrogens (primary N) is 1. The number of anilines is 1. The molecule has 84 valence electrons. The van der Waals surface area contributed by atoms with Gasteiger partial charge in [-0.25, -0.2) is 9.97 Å². The topological polar surface area (TPSA) is 61.0 Å². The van der Waals surface area contributed by atoms with E-state index >= 15 is 0 Å². The lowest BCUT2D eigenvalue weighted by molar-refractivity contribution is 0.200. The highest BCUT2D eigenvalue weighted by Crippen LogP contribution is 2.22. The van der Waals surface area contributed by atoms with Gasteiger partial charge in [0.25, 0.3) is 0 Å². The average molecular weight is 274 g/mol. The van der Waals surface area contributed by atoms with Crippen LogP contribution in [-0.4, -0.2) is 23.7 Å². The predicted octanol–water partition coefficient (Wildman–Crippen LogP) is 1.96. The van der Waals surface area contributed by atoms with Gasteiger partial charge in [-0.05, 0) is 22.4 Å². The molecule has 0 fully saturated rings. The third-order valence-corrected chi connectivity index (χ3v) is 2.87. The first-order chi connectivity index (χ1) is 7.19. The van der Waals surface area contributed by atoms with Crippen molar-refractivity contribution in [2.45, 2.75) is 26.2 Å². The van der Waals surface area contributed by atoms with Crippen LogP contribution < -0.4 is 5.73 Å². The molecule has 0 aliphatic rings. The van der Waals surface area contributed by atoms with Gasteiger partial charge in [0.05, 0.1) is 16.8 Å². The lowest BCUT2D eigenvalue weighted by Gasteiger charge is -2.07. The van der Waals surface area contributed by atoms with Gasteiger partial charge in [-0.1, -0.05) is 13.3 Å². The Bertz CT molecular complexity index is 331. The second-order valence-electron chi connectivity index (χ2n) is 3.28. The molecule has 1 heterocycles. The fourth-order valence-electron chi connectivity index (χ4n) is 1.27. The molecule has 15 heavy (non-hydrogen) atoms. The predicted molar refractivity (Wildman–Crippen MR) is 63.7 cm³/mol. The minimum atomic E-state index is 0.513. The van der Waals surface area contributed by atoms with Crippen LogP contribution in [0.5, 0.6) is 0 Å². The molecule has 0 radical (unpaired) electrons. The molecule has 0 spiro atoms. The van der Waals surface area contributed by atoms with Gasteiger partial charge in [-0.2, -0.15) is 0 Å². The first-order valence-electron chi connectivity index (χ1n) is 4.98. The van der Waals surface area contributed by atoms with E-state index in [-0.39, 0.29) is 0 Å². The number of methoxy groups -OCH3 is 1. The molecule has 1 aromatic rings. The molecule has 0 aliphatic heterocycles. The SMILES string of the molecule is CCCc1nc(CCOC)nc(N)c1Br. The van der Waals surface area contributed by atoms with Crippen molar-refractivity contribution in [2.24, 2.45) is 0 Å². The third-order valence-electron chi connectivity index (χ3n) is 2.01. The Morgan fingerprint density at radius 3 is 2.67 bits per heavy atom. The molecule has 0 aromatic carbocycles. The number of rotatable bonds is 5. The van der Waals surface area contributed by atoms with Crippen LogP contribution in [0.2, 0.25) is 0 Å². The van der Waals surface area contributed by atoms with Gasteiger partial charge >= 0.3 is 0 Å². The van der Waals surface area contributed by atoms with Gasteiger partial charge < -0.3 is 10.5 Å². The monoisotopic (exact) mass is 273 g/mol. The standard InChI is InChI=1S/C10H16BrN3O/c1-3-4-7-9(11)10(12)14-8(13-7)5-6-15-2/h3-6H2,1-2H3,(H2,12,13,14). The maximum absolute atomic E-state index is 5.78. The van der Waals surface area contributed by atoms with E-state index in [1.807, 2.05) is 0 Å². The summed E-state index contributed by atoms with van der Waals surface area (Å²) in [4.78, 5) is 8.64. The zero-order valence-corrected chi connectivity index (χ0v) is 10.7. The van der Waals surface area contributed by atoms with Crippen molar-refractivity contribution in [1.29, 1.82) is 0 Å². The summed E-state index contributed by atoms with van der Waals surface area (Å²) in [5, 5.41) is 0. The Kier molecular flexibility index (Phi) is 4.98. The number of hydrogen-bond donors (Lipinski definition) is 1. The van der Waals surface area contributed by atoms with E-state index in [1.165, 1.54) is 0 Å². The molecule has 1 rings (SSSR count). The maximum Gasteiger partial charge on any atom is 0.141 e. The van der Waals surface area contributed by atoms with Gasteiger partial charge in [0.2, 0.25) is 0 Å². The zero-order valence-electron chi connectivity index (χ0n) is 9.09. The fourth-order valence-corrected chi connectivity index (χ4v) is 1.65. The highest BCUT2D eigenvalue weighted by atomic mass is 79.9. The number of aromatic nitrogens is 2. The van der Waals surface area contributed by atoms with Gasteiger partial charge in [-0.15, -0.1) is 0 Å². The molecule has 0 unspecified atom stereocenters. The number of nitrogen functional groups attached to an aromatic ring is 1. The van der Waals surface area contributed by atoms with Crippen LogP contribution in [0.15, 0.2) is 4.47 Å². The lowest BCUT2D eigenvalue weighted by Crippen LogP contribution is -2.07. The molecular weight excluding hydrogens is 258 g/mol. The van der Waals surface area contributed by atoms with Crippen molar-refractivity contribution in [1.82, 2.24) is 9.97 Å². The summed E-state index contributed by atoms with van der Waals surface area (Å²) in [5.74, 6) is 1.26. The van der Waals surface area contributed by atoms with Gasteiger partial charge in [0.15, 0.2) is 0 Å². The summed E-state index contributed by atoms with van der Waals surface area (Å²) >= 11 is 3.40. The van der Waals surface area contributed by atoms with Crippen LogP contribution >= 0.6 is 15.9 Å². The Morgan fingerprint density at radius 2 is 2.07 bits per heavy atom. The molecule has 0 atom stereocenters. The number of aryl methyl sites for hydroxylation is 1. The molecule has 4 nitrogen and oxygen atoms in total. The van der Waals surface area contributed by atoms with Gasteiger partial charge in [-0.3, -0.25) is 0 Å².